The highest BCUT2D eigenvalue weighted by atomic mass is 16.5. The second-order valence-electron chi connectivity index (χ2n) is 7.00. The molecule has 0 atom stereocenters. The molecule has 3 rings (SSSR count). The first kappa shape index (κ1) is 22.9. The summed E-state index contributed by atoms with van der Waals surface area (Å²) in [6.07, 6.45) is 0.549. The van der Waals surface area contributed by atoms with Crippen molar-refractivity contribution in [2.24, 2.45) is 4.99 Å². The lowest BCUT2D eigenvalue weighted by Crippen LogP contribution is -2.28. The fourth-order valence-electron chi connectivity index (χ4n) is 3.64. The first-order valence-electron chi connectivity index (χ1n) is 9.78. The van der Waals surface area contributed by atoms with Crippen molar-refractivity contribution in [1.82, 2.24) is 0 Å². The molecule has 6 N–H and O–H groups in total. The van der Waals surface area contributed by atoms with E-state index < -0.39 is 34.5 Å². The predicted molar refractivity (Wildman–Crippen MR) is 117 cm³/mol. The number of methoxy groups -OCH3 is 1. The molecule has 0 amide bonds. The highest BCUT2D eigenvalue weighted by Crippen LogP contribution is 2.39. The zero-order valence-corrected chi connectivity index (χ0v) is 17.4. The summed E-state index contributed by atoms with van der Waals surface area (Å²) in [5.41, 5.74) is 10.9. The Labute approximate surface area is 183 Å². The number of aromatic carboxylic acids is 2. The minimum absolute atomic E-state index is 0.0360. The van der Waals surface area contributed by atoms with Gasteiger partial charge in [-0.3, -0.25) is 9.79 Å². The van der Waals surface area contributed by atoms with E-state index in [1.165, 1.54) is 0 Å². The fraction of sp³-hybridized carbons (Fsp3) is 0.273. The van der Waals surface area contributed by atoms with Crippen molar-refractivity contribution in [2.45, 2.75) is 6.42 Å². The first-order valence-corrected chi connectivity index (χ1v) is 9.78. The van der Waals surface area contributed by atoms with E-state index in [4.69, 9.17) is 20.9 Å². The molecule has 1 aliphatic rings. The minimum Gasteiger partial charge on any atom is -0.478 e. The summed E-state index contributed by atoms with van der Waals surface area (Å²) in [6.45, 7) is 1.63. The number of ether oxygens (including phenoxy) is 2. The third kappa shape index (κ3) is 4.05. The number of carboxylic acids is 2. The van der Waals surface area contributed by atoms with Crippen molar-refractivity contribution in [3.05, 3.63) is 57.6 Å². The standard InChI is InChI=1S/C22H23N3O7/c1-31-9-10-32-8-4-7-25-19-11-5-2-3-6-12(11)20(26)14-13(19)17(23)15(21(27)28)16(18(14)24)22(29)30/h2-3,5-6H,4,7-10,23-24H2,1H3,(H,27,28)(H,29,30). The Balaban J connectivity index is 2.15. The molecule has 0 spiro atoms. The van der Waals surface area contributed by atoms with E-state index in [-0.39, 0.29) is 28.1 Å². The Morgan fingerprint density at radius 2 is 1.53 bits per heavy atom. The van der Waals surface area contributed by atoms with Crippen molar-refractivity contribution in [3.63, 3.8) is 0 Å². The molecule has 32 heavy (non-hydrogen) atoms. The quantitative estimate of drug-likeness (QED) is 0.284. The number of anilines is 2. The molecule has 2 aromatic carbocycles. The molecule has 2 aromatic rings. The Hall–Kier alpha value is -3.76. The lowest BCUT2D eigenvalue weighted by Gasteiger charge is -2.25. The van der Waals surface area contributed by atoms with Gasteiger partial charge in [0, 0.05) is 37.0 Å². The Bertz CT molecular complexity index is 1120. The summed E-state index contributed by atoms with van der Waals surface area (Å²) >= 11 is 0. The summed E-state index contributed by atoms with van der Waals surface area (Å²) in [6, 6.07) is 6.62. The molecular formula is C22H23N3O7. The number of nitrogens with zero attached hydrogens (tertiary/aromatic N) is 1. The highest BCUT2D eigenvalue weighted by Gasteiger charge is 2.37. The van der Waals surface area contributed by atoms with E-state index in [1.807, 2.05) is 0 Å². The van der Waals surface area contributed by atoms with E-state index >= 15 is 0 Å². The minimum atomic E-state index is -1.59. The lowest BCUT2D eigenvalue weighted by atomic mass is 9.79. The summed E-state index contributed by atoms with van der Waals surface area (Å²) in [5, 5.41) is 19.2. The van der Waals surface area contributed by atoms with Crippen molar-refractivity contribution in [2.75, 3.05) is 44.9 Å². The van der Waals surface area contributed by atoms with E-state index in [1.54, 1.807) is 31.4 Å². The topological polar surface area (TPSA) is 175 Å². The predicted octanol–water partition coefficient (Wildman–Crippen LogP) is 1.68. The molecule has 0 saturated heterocycles. The number of fused-ring (bicyclic) bond motifs is 2. The molecule has 0 heterocycles. The Morgan fingerprint density at radius 1 is 0.938 bits per heavy atom. The summed E-state index contributed by atoms with van der Waals surface area (Å²) in [4.78, 5) is 41.4. The van der Waals surface area contributed by atoms with Gasteiger partial charge in [-0.2, -0.15) is 0 Å². The second kappa shape index (κ2) is 9.58. The molecule has 0 aromatic heterocycles. The second-order valence-corrected chi connectivity index (χ2v) is 7.00. The van der Waals surface area contributed by atoms with Crippen LogP contribution in [0.15, 0.2) is 29.3 Å². The number of nitrogens with two attached hydrogens (primary N) is 2. The Kier molecular flexibility index (Phi) is 6.86. The van der Waals surface area contributed by atoms with Gasteiger partial charge in [0.2, 0.25) is 0 Å². The molecule has 10 nitrogen and oxygen atoms in total. The molecule has 1 aliphatic carbocycles. The monoisotopic (exact) mass is 441 g/mol. The third-order valence-electron chi connectivity index (χ3n) is 5.04. The average molecular weight is 441 g/mol. The van der Waals surface area contributed by atoms with Gasteiger partial charge in [-0.25, -0.2) is 9.59 Å². The molecule has 0 radical (unpaired) electrons. The maximum Gasteiger partial charge on any atom is 0.338 e. The van der Waals surface area contributed by atoms with E-state index in [9.17, 15) is 24.6 Å². The number of ketones is 1. The van der Waals surface area contributed by atoms with Gasteiger partial charge in [0.05, 0.1) is 47.0 Å². The lowest BCUT2D eigenvalue weighted by molar-refractivity contribution is 0.0653. The average Bonchev–Trinajstić information content (AvgIpc) is 2.76. The van der Waals surface area contributed by atoms with Crippen LogP contribution in [0, 0.1) is 0 Å². The number of carboxylic acid groups (broad SMARTS) is 2. The molecular weight excluding hydrogens is 418 g/mol. The molecule has 168 valence electrons. The SMILES string of the molecule is COCCOCCCN=C1c2ccccc2C(=O)c2c(N)c(C(=O)O)c(C(=O)O)c(N)c21. The molecule has 0 saturated carbocycles. The summed E-state index contributed by atoms with van der Waals surface area (Å²) in [7, 11) is 1.58. The normalized spacial score (nSPS) is 13.7. The van der Waals surface area contributed by atoms with Crippen LogP contribution in [0.3, 0.4) is 0 Å². The van der Waals surface area contributed by atoms with Crippen LogP contribution in [0.1, 0.15) is 54.2 Å². The van der Waals surface area contributed by atoms with Crippen molar-refractivity contribution >= 4 is 34.8 Å². The van der Waals surface area contributed by atoms with Crippen LogP contribution < -0.4 is 11.5 Å². The van der Waals surface area contributed by atoms with Crippen LogP contribution in [0.2, 0.25) is 0 Å². The largest absolute Gasteiger partial charge is 0.478 e. The number of benzene rings is 2. The van der Waals surface area contributed by atoms with Crippen molar-refractivity contribution < 1.29 is 34.1 Å². The van der Waals surface area contributed by atoms with E-state index in [0.29, 0.717) is 38.3 Å². The van der Waals surface area contributed by atoms with E-state index in [2.05, 4.69) is 4.99 Å². The van der Waals surface area contributed by atoms with Crippen LogP contribution in [0.4, 0.5) is 11.4 Å². The van der Waals surface area contributed by atoms with Crippen LogP contribution >= 0.6 is 0 Å². The summed E-state index contributed by atoms with van der Waals surface area (Å²) in [5.74, 6) is -3.69. The van der Waals surface area contributed by atoms with Crippen molar-refractivity contribution in [3.8, 4) is 0 Å². The van der Waals surface area contributed by atoms with Crippen molar-refractivity contribution in [1.29, 1.82) is 0 Å². The van der Waals surface area contributed by atoms with Gasteiger partial charge in [0.1, 0.15) is 0 Å². The van der Waals surface area contributed by atoms with Gasteiger partial charge >= 0.3 is 11.9 Å². The zero-order chi connectivity index (χ0) is 23.4. The molecule has 0 fully saturated rings. The molecule has 0 unspecified atom stereocenters. The summed E-state index contributed by atoms with van der Waals surface area (Å²) < 4.78 is 10.3. The number of carbonyl (C=O) groups is 3. The van der Waals surface area contributed by atoms with E-state index in [0.717, 1.165) is 0 Å². The van der Waals surface area contributed by atoms with Gasteiger partial charge in [0.15, 0.2) is 5.78 Å². The number of hydrogen-bond donors (Lipinski definition) is 4. The van der Waals surface area contributed by atoms with Gasteiger partial charge in [-0.05, 0) is 6.42 Å². The zero-order valence-electron chi connectivity index (χ0n) is 17.4. The van der Waals surface area contributed by atoms with Crippen LogP contribution in [-0.2, 0) is 9.47 Å². The maximum atomic E-state index is 13.2. The molecule has 0 bridgehead atoms. The van der Waals surface area contributed by atoms with Gasteiger partial charge < -0.3 is 31.2 Å². The molecule has 10 heteroatoms. The number of aliphatic imine (C=N–C) groups is 1. The number of carbonyl (C=O) groups excluding carboxylic acids is 1. The highest BCUT2D eigenvalue weighted by molar-refractivity contribution is 6.35. The fourth-order valence-corrected chi connectivity index (χ4v) is 3.64. The van der Waals surface area contributed by atoms with Gasteiger partial charge in [-0.1, -0.05) is 24.3 Å². The smallest absolute Gasteiger partial charge is 0.338 e. The van der Waals surface area contributed by atoms with Crippen LogP contribution in [0.5, 0.6) is 0 Å². The third-order valence-corrected chi connectivity index (χ3v) is 5.04. The maximum absolute atomic E-state index is 13.2. The first-order chi connectivity index (χ1) is 15.3. The van der Waals surface area contributed by atoms with Crippen LogP contribution in [-0.4, -0.2) is 67.1 Å². The number of rotatable bonds is 9. The number of nitrogen functional groups attached to an aromatic ring is 2. The Morgan fingerprint density at radius 3 is 2.12 bits per heavy atom. The van der Waals surface area contributed by atoms with Gasteiger partial charge in [0.25, 0.3) is 0 Å². The molecule has 0 aliphatic heterocycles. The van der Waals surface area contributed by atoms with Gasteiger partial charge in [-0.15, -0.1) is 0 Å². The van der Waals surface area contributed by atoms with Crippen LogP contribution in [0.25, 0.3) is 0 Å². The number of hydrogen-bond acceptors (Lipinski definition) is 8.